The summed E-state index contributed by atoms with van der Waals surface area (Å²) in [7, 11) is 3.95. The molecular weight excluding hydrogens is 247 g/mol. The van der Waals surface area contributed by atoms with Crippen LogP contribution in [0.3, 0.4) is 0 Å². The van der Waals surface area contributed by atoms with E-state index in [0.717, 1.165) is 19.0 Å². The molecule has 1 N–H and O–H groups in total. The molecule has 19 heavy (non-hydrogen) atoms. The number of nitrogens with zero attached hydrogens (tertiary/aromatic N) is 2. The molecule has 0 aliphatic rings. The van der Waals surface area contributed by atoms with Crippen molar-refractivity contribution >= 4 is 5.91 Å². The molecule has 0 bridgehead atoms. The first-order valence-corrected chi connectivity index (χ1v) is 6.38. The van der Waals surface area contributed by atoms with Gasteiger partial charge >= 0.3 is 0 Å². The van der Waals surface area contributed by atoms with Crippen molar-refractivity contribution in [1.82, 2.24) is 9.80 Å². The molecule has 0 saturated heterocycles. The summed E-state index contributed by atoms with van der Waals surface area (Å²) in [6.07, 6.45) is 0.856. The predicted molar refractivity (Wildman–Crippen MR) is 72.8 cm³/mol. The fourth-order valence-corrected chi connectivity index (χ4v) is 1.84. The Hall–Kier alpha value is -1.62. The van der Waals surface area contributed by atoms with Crippen LogP contribution >= 0.6 is 0 Å². The molecule has 1 amide bonds. The maximum Gasteiger partial charge on any atom is 0.257 e. The van der Waals surface area contributed by atoms with Gasteiger partial charge in [-0.15, -0.1) is 0 Å². The average Bonchev–Trinajstić information content (AvgIpc) is 2.33. The fourth-order valence-electron chi connectivity index (χ4n) is 1.84. The molecule has 0 aliphatic heterocycles. The van der Waals surface area contributed by atoms with Gasteiger partial charge < -0.3 is 14.9 Å². The van der Waals surface area contributed by atoms with Gasteiger partial charge in [0.05, 0.1) is 5.56 Å². The molecule has 0 fully saturated rings. The number of hydrogen-bond acceptors (Lipinski definition) is 3. The number of rotatable bonds is 6. The van der Waals surface area contributed by atoms with Gasteiger partial charge in [-0.3, -0.25) is 4.79 Å². The third-order valence-electron chi connectivity index (χ3n) is 2.89. The second-order valence-electron chi connectivity index (χ2n) is 4.70. The second-order valence-corrected chi connectivity index (χ2v) is 4.70. The van der Waals surface area contributed by atoms with Crippen molar-refractivity contribution < 1.29 is 14.3 Å². The zero-order valence-corrected chi connectivity index (χ0v) is 11.7. The lowest BCUT2D eigenvalue weighted by Gasteiger charge is -2.22. The molecule has 0 spiro atoms. The Morgan fingerprint density at radius 1 is 1.32 bits per heavy atom. The molecule has 0 aromatic heterocycles. The van der Waals surface area contributed by atoms with E-state index in [1.807, 2.05) is 25.9 Å². The van der Waals surface area contributed by atoms with E-state index in [0.29, 0.717) is 13.1 Å². The van der Waals surface area contributed by atoms with Gasteiger partial charge in [-0.25, -0.2) is 4.39 Å². The van der Waals surface area contributed by atoms with Crippen LogP contribution in [0.15, 0.2) is 18.2 Å². The van der Waals surface area contributed by atoms with Crippen molar-refractivity contribution in [2.45, 2.75) is 13.3 Å². The van der Waals surface area contributed by atoms with Gasteiger partial charge in [0.15, 0.2) is 0 Å². The van der Waals surface area contributed by atoms with Gasteiger partial charge in [0, 0.05) is 19.2 Å². The largest absolute Gasteiger partial charge is 0.507 e. The van der Waals surface area contributed by atoms with Crippen LogP contribution in [-0.4, -0.2) is 54.5 Å². The zero-order valence-electron chi connectivity index (χ0n) is 11.7. The van der Waals surface area contributed by atoms with E-state index in [-0.39, 0.29) is 17.2 Å². The summed E-state index contributed by atoms with van der Waals surface area (Å²) in [4.78, 5) is 15.9. The van der Waals surface area contributed by atoms with Gasteiger partial charge in [-0.05, 0) is 46.1 Å². The van der Waals surface area contributed by atoms with E-state index >= 15 is 0 Å². The second kappa shape index (κ2) is 7.09. The normalized spacial score (nSPS) is 10.8. The number of carbonyl (C=O) groups is 1. The van der Waals surface area contributed by atoms with Crippen LogP contribution in [0.4, 0.5) is 4.39 Å². The molecule has 0 heterocycles. The molecule has 0 unspecified atom stereocenters. The van der Waals surface area contributed by atoms with Gasteiger partial charge in [-0.2, -0.15) is 0 Å². The quantitative estimate of drug-likeness (QED) is 0.857. The third kappa shape index (κ3) is 4.52. The molecule has 1 rings (SSSR count). The number of amides is 1. The lowest BCUT2D eigenvalue weighted by Crippen LogP contribution is -2.33. The smallest absolute Gasteiger partial charge is 0.257 e. The maximum atomic E-state index is 12.9. The minimum absolute atomic E-state index is 0.146. The van der Waals surface area contributed by atoms with Crippen molar-refractivity contribution in [3.8, 4) is 5.75 Å². The molecule has 0 radical (unpaired) electrons. The summed E-state index contributed by atoms with van der Waals surface area (Å²) in [5, 5.41) is 9.62. The van der Waals surface area contributed by atoms with E-state index in [9.17, 15) is 14.3 Å². The highest BCUT2D eigenvalue weighted by molar-refractivity contribution is 5.96. The summed E-state index contributed by atoms with van der Waals surface area (Å²) in [6.45, 7) is 3.95. The molecule has 1 aromatic carbocycles. The van der Waals surface area contributed by atoms with Gasteiger partial charge in [0.2, 0.25) is 0 Å². The summed E-state index contributed by atoms with van der Waals surface area (Å²) in [5.74, 6) is -1.13. The van der Waals surface area contributed by atoms with E-state index in [1.54, 1.807) is 4.90 Å². The van der Waals surface area contributed by atoms with Crippen LogP contribution in [0, 0.1) is 5.82 Å². The van der Waals surface area contributed by atoms with Crippen LogP contribution in [0.5, 0.6) is 5.75 Å². The van der Waals surface area contributed by atoms with Crippen LogP contribution in [0.1, 0.15) is 23.7 Å². The Bertz CT molecular complexity index is 435. The number of phenolic OH excluding ortho intramolecular Hbond substituents is 1. The summed E-state index contributed by atoms with van der Waals surface area (Å²) < 4.78 is 12.9. The van der Waals surface area contributed by atoms with Crippen LogP contribution < -0.4 is 0 Å². The summed E-state index contributed by atoms with van der Waals surface area (Å²) >= 11 is 0. The molecule has 0 aliphatic carbocycles. The van der Waals surface area contributed by atoms with Gasteiger partial charge in [0.1, 0.15) is 11.6 Å². The van der Waals surface area contributed by atoms with Gasteiger partial charge in [0.25, 0.3) is 5.91 Å². The van der Waals surface area contributed by atoms with Crippen molar-refractivity contribution in [2.24, 2.45) is 0 Å². The SMILES string of the molecule is CCN(CCCN(C)C)C(=O)c1ccc(F)cc1O. The Morgan fingerprint density at radius 3 is 2.53 bits per heavy atom. The summed E-state index contributed by atoms with van der Waals surface area (Å²) in [6, 6.07) is 3.46. The molecule has 1 aromatic rings. The number of halogens is 1. The lowest BCUT2D eigenvalue weighted by atomic mass is 10.1. The first kappa shape index (κ1) is 15.4. The number of carbonyl (C=O) groups excluding carboxylic acids is 1. The maximum absolute atomic E-state index is 12.9. The van der Waals surface area contributed by atoms with Crippen LogP contribution in [0.25, 0.3) is 0 Å². The Labute approximate surface area is 113 Å². The van der Waals surface area contributed by atoms with Crippen molar-refractivity contribution in [3.05, 3.63) is 29.6 Å². The molecule has 0 atom stereocenters. The molecule has 4 nitrogen and oxygen atoms in total. The number of hydrogen-bond donors (Lipinski definition) is 1. The Balaban J connectivity index is 2.72. The van der Waals surface area contributed by atoms with E-state index in [2.05, 4.69) is 0 Å². The topological polar surface area (TPSA) is 43.8 Å². The minimum Gasteiger partial charge on any atom is -0.507 e. The van der Waals surface area contributed by atoms with Crippen LogP contribution in [-0.2, 0) is 0 Å². The molecule has 106 valence electrons. The van der Waals surface area contributed by atoms with Gasteiger partial charge in [-0.1, -0.05) is 0 Å². The average molecular weight is 268 g/mol. The van der Waals surface area contributed by atoms with E-state index in [1.165, 1.54) is 12.1 Å². The first-order valence-electron chi connectivity index (χ1n) is 6.38. The number of phenols is 1. The lowest BCUT2D eigenvalue weighted by molar-refractivity contribution is 0.0756. The summed E-state index contributed by atoms with van der Waals surface area (Å²) in [5.41, 5.74) is 0.146. The monoisotopic (exact) mass is 268 g/mol. The zero-order chi connectivity index (χ0) is 14.4. The highest BCUT2D eigenvalue weighted by Gasteiger charge is 2.17. The standard InChI is InChI=1S/C14H21FN2O2/c1-4-17(9-5-8-16(2)3)14(19)12-7-6-11(15)10-13(12)18/h6-7,10,18H,4-5,8-9H2,1-3H3. The van der Waals surface area contributed by atoms with E-state index in [4.69, 9.17) is 0 Å². The molecule has 5 heteroatoms. The van der Waals surface area contributed by atoms with E-state index < -0.39 is 5.82 Å². The van der Waals surface area contributed by atoms with Crippen molar-refractivity contribution in [2.75, 3.05) is 33.7 Å². The van der Waals surface area contributed by atoms with Crippen molar-refractivity contribution in [1.29, 1.82) is 0 Å². The minimum atomic E-state index is -0.551. The first-order chi connectivity index (χ1) is 8.95. The highest BCUT2D eigenvalue weighted by Crippen LogP contribution is 2.20. The molecule has 0 saturated carbocycles. The Kier molecular flexibility index (Phi) is 5.76. The predicted octanol–water partition coefficient (Wildman–Crippen LogP) is 1.95. The molecular formula is C14H21FN2O2. The highest BCUT2D eigenvalue weighted by atomic mass is 19.1. The Morgan fingerprint density at radius 2 is 2.00 bits per heavy atom. The third-order valence-corrected chi connectivity index (χ3v) is 2.89. The fraction of sp³-hybridized carbons (Fsp3) is 0.500. The van der Waals surface area contributed by atoms with Crippen LogP contribution in [0.2, 0.25) is 0 Å². The number of aromatic hydroxyl groups is 1. The van der Waals surface area contributed by atoms with Crippen molar-refractivity contribution in [3.63, 3.8) is 0 Å². The number of benzene rings is 1.